The Morgan fingerprint density at radius 1 is 1.05 bits per heavy atom. The fourth-order valence-corrected chi connectivity index (χ4v) is 4.70. The quantitative estimate of drug-likeness (QED) is 0.505. The molecule has 0 saturated heterocycles. The summed E-state index contributed by atoms with van der Waals surface area (Å²) in [6, 6.07) is 1.30. The maximum Gasteiger partial charge on any atom is 0.312 e. The second-order valence-corrected chi connectivity index (χ2v) is 8.30. The first-order chi connectivity index (χ1) is 9.12. The number of esters is 1. The molecule has 3 heteroatoms. The maximum absolute atomic E-state index is 12.7. The van der Waals surface area contributed by atoms with Crippen molar-refractivity contribution in [3.05, 3.63) is 0 Å². The molecule has 120 valence electrons. The van der Waals surface area contributed by atoms with E-state index >= 15 is 0 Å². The number of carbonyl (C=O) groups is 1. The van der Waals surface area contributed by atoms with Crippen LogP contribution in [0.15, 0.2) is 0 Å². The van der Waals surface area contributed by atoms with E-state index in [9.17, 15) is 4.79 Å². The molecule has 0 aromatic rings. The molecule has 0 N–H and O–H groups in total. The van der Waals surface area contributed by atoms with Crippen molar-refractivity contribution in [2.24, 2.45) is 28.6 Å². The van der Waals surface area contributed by atoms with E-state index in [1.54, 1.807) is 0 Å². The number of rotatable bonds is 8. The molecule has 0 bridgehead atoms. The van der Waals surface area contributed by atoms with Gasteiger partial charge in [-0.05, 0) is 36.5 Å². The fraction of sp³-hybridized carbons (Fsp3) is 0.941. The van der Waals surface area contributed by atoms with Crippen LogP contribution in [0.4, 0.5) is 0 Å². The molecule has 1 atom stereocenters. The third-order valence-corrected chi connectivity index (χ3v) is 6.44. The van der Waals surface area contributed by atoms with Crippen LogP contribution in [-0.4, -0.2) is 23.3 Å². The Kier molecular flexibility index (Phi) is 7.51. The van der Waals surface area contributed by atoms with Gasteiger partial charge >= 0.3 is 5.97 Å². The zero-order valence-electron chi connectivity index (χ0n) is 15.2. The van der Waals surface area contributed by atoms with Gasteiger partial charge in [-0.25, -0.2) is 0 Å². The summed E-state index contributed by atoms with van der Waals surface area (Å²) in [6.07, 6.45) is 2.34. The molecule has 0 aliphatic carbocycles. The van der Waals surface area contributed by atoms with E-state index in [0.29, 0.717) is 11.8 Å². The molecule has 0 amide bonds. The summed E-state index contributed by atoms with van der Waals surface area (Å²) in [5.74, 6) is 1.15. The van der Waals surface area contributed by atoms with Crippen LogP contribution in [0.2, 0.25) is 6.04 Å². The van der Waals surface area contributed by atoms with Gasteiger partial charge in [-0.1, -0.05) is 54.0 Å². The van der Waals surface area contributed by atoms with Crippen molar-refractivity contribution in [1.82, 2.24) is 0 Å². The van der Waals surface area contributed by atoms with Crippen molar-refractivity contribution >= 4 is 16.2 Å². The largest absolute Gasteiger partial charge is 0.469 e. The van der Waals surface area contributed by atoms with Crippen molar-refractivity contribution < 1.29 is 9.53 Å². The van der Waals surface area contributed by atoms with Crippen LogP contribution < -0.4 is 0 Å². The SMILES string of the molecule is COC(=O)C(C)(C(C)C)C(CCC[SiH3])(C(C)C)C(C)C. The molecule has 1 unspecified atom stereocenters. The molecule has 2 nitrogen and oxygen atoms in total. The molecule has 0 rings (SSSR count). The van der Waals surface area contributed by atoms with Crippen molar-refractivity contribution in [3.63, 3.8) is 0 Å². The second kappa shape index (κ2) is 7.63. The first-order valence-electron chi connectivity index (χ1n) is 8.21. The molecule has 0 aliphatic heterocycles. The Morgan fingerprint density at radius 2 is 1.50 bits per heavy atom. The molecule has 0 aliphatic rings. The summed E-state index contributed by atoms with van der Waals surface area (Å²) in [4.78, 5) is 12.7. The van der Waals surface area contributed by atoms with Crippen LogP contribution in [0.5, 0.6) is 0 Å². The van der Waals surface area contributed by atoms with Gasteiger partial charge in [0.15, 0.2) is 0 Å². The van der Waals surface area contributed by atoms with Gasteiger partial charge in [0.25, 0.3) is 0 Å². The lowest BCUT2D eigenvalue weighted by Gasteiger charge is -2.55. The van der Waals surface area contributed by atoms with Crippen LogP contribution in [0.25, 0.3) is 0 Å². The van der Waals surface area contributed by atoms with Gasteiger partial charge in [-0.2, -0.15) is 0 Å². The maximum atomic E-state index is 12.7. The summed E-state index contributed by atoms with van der Waals surface area (Å²) in [5, 5.41) is 0. The minimum atomic E-state index is -0.430. The molecule has 0 aromatic heterocycles. The first-order valence-corrected chi connectivity index (χ1v) is 9.62. The van der Waals surface area contributed by atoms with E-state index in [2.05, 4.69) is 48.5 Å². The van der Waals surface area contributed by atoms with Gasteiger partial charge in [0.05, 0.1) is 12.5 Å². The summed E-state index contributed by atoms with van der Waals surface area (Å²) in [5.41, 5.74) is -0.431. The van der Waals surface area contributed by atoms with Crippen molar-refractivity contribution in [2.45, 2.75) is 67.4 Å². The topological polar surface area (TPSA) is 26.3 Å². The van der Waals surface area contributed by atoms with E-state index < -0.39 is 5.41 Å². The summed E-state index contributed by atoms with van der Waals surface area (Å²) < 4.78 is 5.23. The highest BCUT2D eigenvalue weighted by atomic mass is 28.1. The Hall–Kier alpha value is -0.313. The summed E-state index contributed by atoms with van der Waals surface area (Å²) >= 11 is 0. The third-order valence-electron chi connectivity index (χ3n) is 5.74. The van der Waals surface area contributed by atoms with Gasteiger partial charge in [0, 0.05) is 10.2 Å². The van der Waals surface area contributed by atoms with Gasteiger partial charge in [0.2, 0.25) is 0 Å². The highest BCUT2D eigenvalue weighted by molar-refractivity contribution is 6.08. The number of hydrogen-bond acceptors (Lipinski definition) is 2. The normalized spacial score (nSPS) is 15.9. The summed E-state index contributed by atoms with van der Waals surface area (Å²) in [6.45, 7) is 15.6. The van der Waals surface area contributed by atoms with E-state index in [-0.39, 0.29) is 17.3 Å². The molecule has 0 radical (unpaired) electrons. The summed E-state index contributed by atoms with van der Waals surface area (Å²) in [7, 11) is 2.77. The molecule has 20 heavy (non-hydrogen) atoms. The average molecular weight is 301 g/mol. The zero-order chi connectivity index (χ0) is 16.1. The monoisotopic (exact) mass is 300 g/mol. The standard InChI is InChI=1S/C17H36O2Si/c1-12(2)16(7,15(18)19-8)17(13(3)4,14(5)6)10-9-11-20/h12-14H,9-11H2,1-8,20H3. The molecular formula is C17H36O2Si. The van der Waals surface area contributed by atoms with Crippen molar-refractivity contribution in [2.75, 3.05) is 7.11 Å². The minimum Gasteiger partial charge on any atom is -0.469 e. The Bertz CT molecular complexity index is 302. The second-order valence-electron chi connectivity index (χ2n) is 7.30. The molecule has 0 spiro atoms. The predicted octanol–water partition coefficient (Wildman–Crippen LogP) is 3.68. The zero-order valence-corrected chi connectivity index (χ0v) is 17.2. The van der Waals surface area contributed by atoms with Crippen LogP contribution in [0.3, 0.4) is 0 Å². The lowest BCUT2D eigenvalue weighted by Crippen LogP contribution is -2.55. The Labute approximate surface area is 129 Å². The highest BCUT2D eigenvalue weighted by Gasteiger charge is 2.57. The third kappa shape index (κ3) is 3.13. The van der Waals surface area contributed by atoms with Crippen LogP contribution in [-0.2, 0) is 9.53 Å². The molecule has 0 fully saturated rings. The lowest BCUT2D eigenvalue weighted by molar-refractivity contribution is -0.176. The number of methoxy groups -OCH3 is 1. The van der Waals surface area contributed by atoms with Crippen LogP contribution >= 0.6 is 0 Å². The van der Waals surface area contributed by atoms with E-state index in [1.807, 2.05) is 0 Å². The van der Waals surface area contributed by atoms with Gasteiger partial charge in [0.1, 0.15) is 0 Å². The highest BCUT2D eigenvalue weighted by Crippen LogP contribution is 2.57. The number of carbonyl (C=O) groups excluding carboxylic acids is 1. The van der Waals surface area contributed by atoms with E-state index in [4.69, 9.17) is 4.74 Å². The fourth-order valence-electron chi connectivity index (χ4n) is 4.35. The Morgan fingerprint density at radius 3 is 1.75 bits per heavy atom. The van der Waals surface area contributed by atoms with Gasteiger partial charge < -0.3 is 4.74 Å². The lowest BCUT2D eigenvalue weighted by atomic mass is 9.48. The van der Waals surface area contributed by atoms with E-state index in [1.165, 1.54) is 29.8 Å². The van der Waals surface area contributed by atoms with Crippen molar-refractivity contribution in [3.8, 4) is 0 Å². The Balaban J connectivity index is 6.07. The average Bonchev–Trinajstić information content (AvgIpc) is 2.36. The number of hydrogen-bond donors (Lipinski definition) is 0. The molecule has 0 aromatic carbocycles. The van der Waals surface area contributed by atoms with Gasteiger partial charge in [-0.15, -0.1) is 0 Å². The van der Waals surface area contributed by atoms with Crippen LogP contribution in [0, 0.1) is 28.6 Å². The first kappa shape index (κ1) is 19.7. The molecule has 0 saturated carbocycles. The van der Waals surface area contributed by atoms with E-state index in [0.717, 1.165) is 6.42 Å². The molecular weight excluding hydrogens is 264 g/mol. The smallest absolute Gasteiger partial charge is 0.312 e. The number of ether oxygens (including phenoxy) is 1. The van der Waals surface area contributed by atoms with Crippen molar-refractivity contribution in [1.29, 1.82) is 0 Å². The molecule has 0 heterocycles. The predicted molar refractivity (Wildman–Crippen MR) is 91.1 cm³/mol. The van der Waals surface area contributed by atoms with Crippen LogP contribution in [0.1, 0.15) is 61.3 Å². The van der Waals surface area contributed by atoms with Gasteiger partial charge in [-0.3, -0.25) is 4.79 Å². The minimum absolute atomic E-state index is 0.00132.